The van der Waals surface area contributed by atoms with Crippen LogP contribution in [-0.4, -0.2) is 10.8 Å². The van der Waals surface area contributed by atoms with Crippen molar-refractivity contribution in [3.63, 3.8) is 0 Å². The molecule has 3 nitrogen and oxygen atoms in total. The first-order valence-electron chi connectivity index (χ1n) is 5.69. The van der Waals surface area contributed by atoms with Gasteiger partial charge in [-0.15, -0.1) is 0 Å². The van der Waals surface area contributed by atoms with Gasteiger partial charge in [-0.1, -0.05) is 6.92 Å². The molecule has 0 saturated heterocycles. The van der Waals surface area contributed by atoms with Gasteiger partial charge in [-0.05, 0) is 38.1 Å². The molecule has 2 rings (SSSR count). The van der Waals surface area contributed by atoms with Gasteiger partial charge < -0.3 is 4.42 Å². The quantitative estimate of drug-likeness (QED) is 0.759. The van der Waals surface area contributed by atoms with Crippen LogP contribution in [0.5, 0.6) is 0 Å². The standard InChI is InChI=1S/C14H15NO2/c1-4-11-6-8-13(17-11)14(16)12-7-5-9(2)15-10(12)3/h5-8H,4H2,1-3H3. The molecule has 0 atom stereocenters. The van der Waals surface area contributed by atoms with Crippen LogP contribution in [0.3, 0.4) is 0 Å². The van der Waals surface area contributed by atoms with Gasteiger partial charge in [-0.2, -0.15) is 0 Å². The Morgan fingerprint density at radius 3 is 2.59 bits per heavy atom. The van der Waals surface area contributed by atoms with Crippen LogP contribution < -0.4 is 0 Å². The number of furan rings is 1. The van der Waals surface area contributed by atoms with Crippen molar-refractivity contribution in [1.82, 2.24) is 4.98 Å². The average Bonchev–Trinajstić information content (AvgIpc) is 2.76. The van der Waals surface area contributed by atoms with Crippen LogP contribution in [0.25, 0.3) is 0 Å². The third kappa shape index (κ3) is 2.28. The van der Waals surface area contributed by atoms with Gasteiger partial charge in [-0.3, -0.25) is 9.78 Å². The highest BCUT2D eigenvalue weighted by atomic mass is 16.3. The summed E-state index contributed by atoms with van der Waals surface area (Å²) in [5, 5.41) is 0. The summed E-state index contributed by atoms with van der Waals surface area (Å²) in [7, 11) is 0. The fraction of sp³-hybridized carbons (Fsp3) is 0.286. The number of carbonyl (C=O) groups is 1. The summed E-state index contributed by atoms with van der Waals surface area (Å²) in [6, 6.07) is 7.20. The van der Waals surface area contributed by atoms with E-state index in [1.54, 1.807) is 12.1 Å². The largest absolute Gasteiger partial charge is 0.458 e. The van der Waals surface area contributed by atoms with Crippen molar-refractivity contribution in [3.05, 3.63) is 52.7 Å². The highest BCUT2D eigenvalue weighted by molar-refractivity contribution is 6.07. The van der Waals surface area contributed by atoms with Crippen LogP contribution in [0.15, 0.2) is 28.7 Å². The molecule has 0 amide bonds. The number of aromatic nitrogens is 1. The number of hydrogen-bond acceptors (Lipinski definition) is 3. The van der Waals surface area contributed by atoms with Crippen molar-refractivity contribution < 1.29 is 9.21 Å². The Labute approximate surface area is 100 Å². The van der Waals surface area contributed by atoms with Crippen LogP contribution >= 0.6 is 0 Å². The normalized spacial score (nSPS) is 10.5. The molecule has 2 aromatic heterocycles. The first-order chi connectivity index (χ1) is 8.11. The van der Waals surface area contributed by atoms with E-state index in [-0.39, 0.29) is 5.78 Å². The number of nitrogens with zero attached hydrogens (tertiary/aromatic N) is 1. The van der Waals surface area contributed by atoms with Crippen molar-refractivity contribution in [3.8, 4) is 0 Å². The fourth-order valence-electron chi connectivity index (χ4n) is 1.75. The molecule has 88 valence electrons. The lowest BCUT2D eigenvalue weighted by Crippen LogP contribution is -2.04. The Hall–Kier alpha value is -1.90. The number of aryl methyl sites for hydroxylation is 3. The molecule has 0 spiro atoms. The Morgan fingerprint density at radius 1 is 1.24 bits per heavy atom. The van der Waals surface area contributed by atoms with E-state index in [0.29, 0.717) is 11.3 Å². The molecule has 0 aliphatic rings. The molecule has 3 heteroatoms. The lowest BCUT2D eigenvalue weighted by atomic mass is 10.1. The minimum Gasteiger partial charge on any atom is -0.458 e. The predicted molar refractivity (Wildman–Crippen MR) is 65.2 cm³/mol. The number of rotatable bonds is 3. The molecular formula is C14H15NO2. The van der Waals surface area contributed by atoms with Crippen LogP contribution in [0.2, 0.25) is 0 Å². The predicted octanol–water partition coefficient (Wildman–Crippen LogP) is 3.08. The van der Waals surface area contributed by atoms with Gasteiger partial charge in [0.05, 0.1) is 0 Å². The van der Waals surface area contributed by atoms with Gasteiger partial charge in [0.1, 0.15) is 5.76 Å². The maximum Gasteiger partial charge on any atom is 0.229 e. The van der Waals surface area contributed by atoms with Crippen molar-refractivity contribution in [2.45, 2.75) is 27.2 Å². The Bertz CT molecular complexity index is 555. The highest BCUT2D eigenvalue weighted by Crippen LogP contribution is 2.16. The van der Waals surface area contributed by atoms with Gasteiger partial charge >= 0.3 is 0 Å². The Kier molecular flexibility index (Phi) is 3.09. The smallest absolute Gasteiger partial charge is 0.229 e. The topological polar surface area (TPSA) is 43.1 Å². The van der Waals surface area contributed by atoms with Crippen LogP contribution in [0, 0.1) is 13.8 Å². The molecule has 0 N–H and O–H groups in total. The molecule has 17 heavy (non-hydrogen) atoms. The third-order valence-corrected chi connectivity index (χ3v) is 2.70. The lowest BCUT2D eigenvalue weighted by Gasteiger charge is -2.03. The zero-order chi connectivity index (χ0) is 12.4. The second kappa shape index (κ2) is 4.53. The van der Waals surface area contributed by atoms with Gasteiger partial charge in [0, 0.05) is 23.4 Å². The monoisotopic (exact) mass is 229 g/mol. The van der Waals surface area contributed by atoms with E-state index in [1.807, 2.05) is 32.9 Å². The number of hydrogen-bond donors (Lipinski definition) is 0. The fourth-order valence-corrected chi connectivity index (χ4v) is 1.75. The molecule has 0 aromatic carbocycles. The molecular weight excluding hydrogens is 214 g/mol. The summed E-state index contributed by atoms with van der Waals surface area (Å²) >= 11 is 0. The molecule has 0 radical (unpaired) electrons. The summed E-state index contributed by atoms with van der Waals surface area (Å²) in [6.45, 7) is 5.74. The maximum atomic E-state index is 12.2. The van der Waals surface area contributed by atoms with E-state index in [0.717, 1.165) is 23.6 Å². The molecule has 0 unspecified atom stereocenters. The van der Waals surface area contributed by atoms with Crippen molar-refractivity contribution in [2.24, 2.45) is 0 Å². The number of pyridine rings is 1. The van der Waals surface area contributed by atoms with Gasteiger partial charge in [0.15, 0.2) is 5.76 Å². The first-order valence-corrected chi connectivity index (χ1v) is 5.69. The molecule has 2 heterocycles. The summed E-state index contributed by atoms with van der Waals surface area (Å²) in [4.78, 5) is 16.5. The van der Waals surface area contributed by atoms with Crippen LogP contribution in [0.4, 0.5) is 0 Å². The molecule has 2 aromatic rings. The molecule has 0 saturated carbocycles. The van der Waals surface area contributed by atoms with Crippen molar-refractivity contribution in [2.75, 3.05) is 0 Å². The van der Waals surface area contributed by atoms with Gasteiger partial charge in [-0.25, -0.2) is 0 Å². The minimum atomic E-state index is -0.102. The lowest BCUT2D eigenvalue weighted by molar-refractivity contribution is 0.101. The first kappa shape index (κ1) is 11.6. The highest BCUT2D eigenvalue weighted by Gasteiger charge is 2.16. The maximum absolute atomic E-state index is 12.2. The minimum absolute atomic E-state index is 0.102. The number of carbonyl (C=O) groups excluding carboxylic acids is 1. The SMILES string of the molecule is CCc1ccc(C(=O)c2ccc(C)nc2C)o1. The Balaban J connectivity index is 2.36. The zero-order valence-corrected chi connectivity index (χ0v) is 10.3. The van der Waals surface area contributed by atoms with E-state index in [4.69, 9.17) is 4.42 Å². The Morgan fingerprint density at radius 2 is 2.00 bits per heavy atom. The molecule has 0 bridgehead atoms. The van der Waals surface area contributed by atoms with E-state index >= 15 is 0 Å². The molecule has 0 aliphatic heterocycles. The van der Waals surface area contributed by atoms with Crippen LogP contribution in [0.1, 0.15) is 40.2 Å². The van der Waals surface area contributed by atoms with E-state index in [9.17, 15) is 4.79 Å². The average molecular weight is 229 g/mol. The van der Waals surface area contributed by atoms with Crippen LogP contribution in [-0.2, 0) is 6.42 Å². The van der Waals surface area contributed by atoms with Gasteiger partial charge in [0.25, 0.3) is 0 Å². The van der Waals surface area contributed by atoms with E-state index < -0.39 is 0 Å². The van der Waals surface area contributed by atoms with Gasteiger partial charge in [0.2, 0.25) is 5.78 Å². The summed E-state index contributed by atoms with van der Waals surface area (Å²) in [5.41, 5.74) is 2.25. The van der Waals surface area contributed by atoms with Crippen molar-refractivity contribution in [1.29, 1.82) is 0 Å². The zero-order valence-electron chi connectivity index (χ0n) is 10.3. The second-order valence-electron chi connectivity index (χ2n) is 4.03. The number of ketones is 1. The van der Waals surface area contributed by atoms with E-state index in [1.165, 1.54) is 0 Å². The summed E-state index contributed by atoms with van der Waals surface area (Å²) in [5.74, 6) is 1.11. The van der Waals surface area contributed by atoms with E-state index in [2.05, 4.69) is 4.98 Å². The summed E-state index contributed by atoms with van der Waals surface area (Å²) in [6.07, 6.45) is 0.790. The molecule has 0 aliphatic carbocycles. The third-order valence-electron chi connectivity index (χ3n) is 2.70. The van der Waals surface area contributed by atoms with Crippen molar-refractivity contribution >= 4 is 5.78 Å². The second-order valence-corrected chi connectivity index (χ2v) is 4.03. The molecule has 0 fully saturated rings. The summed E-state index contributed by atoms with van der Waals surface area (Å²) < 4.78 is 5.46.